The van der Waals surface area contributed by atoms with Crippen molar-refractivity contribution in [3.05, 3.63) is 48.0 Å². The number of nitrogens with zero attached hydrogens (tertiary/aromatic N) is 4. The highest BCUT2D eigenvalue weighted by Crippen LogP contribution is 2.48. The highest BCUT2D eigenvalue weighted by Gasteiger charge is 2.26. The van der Waals surface area contributed by atoms with E-state index in [1.54, 1.807) is 11.8 Å². The largest absolute Gasteiger partial charge is 0.340 e. The van der Waals surface area contributed by atoms with Crippen LogP contribution in [0.2, 0.25) is 0 Å². The molecule has 2 aromatic rings. The van der Waals surface area contributed by atoms with Crippen LogP contribution in [0.3, 0.4) is 0 Å². The number of nitriles is 1. The van der Waals surface area contributed by atoms with E-state index in [-0.39, 0.29) is 0 Å². The zero-order valence-electron chi connectivity index (χ0n) is 18.3. The fraction of sp³-hybridized carbons (Fsp3) is 0.500. The van der Waals surface area contributed by atoms with Crippen LogP contribution < -0.4 is 4.90 Å². The van der Waals surface area contributed by atoms with E-state index in [0.29, 0.717) is 0 Å². The third-order valence-corrected chi connectivity index (χ3v) is 8.19. The molecule has 31 heavy (non-hydrogen) atoms. The number of unbranched alkanes of at least 4 members (excludes halogenated alkanes) is 1. The lowest BCUT2D eigenvalue weighted by Gasteiger charge is -2.37. The van der Waals surface area contributed by atoms with Gasteiger partial charge in [-0.15, -0.1) is 0 Å². The number of hydrogen-bond donors (Lipinski definition) is 0. The first-order valence-electron chi connectivity index (χ1n) is 11.9. The molecule has 0 unspecified atom stereocenters. The molecule has 2 fully saturated rings. The SMILES string of the molecule is N#Cc1ccc2c(c1)Sc1ccccc1N2CCCCN1CCC(N2CCCC2)CC1. The molecule has 5 rings (SSSR count). The summed E-state index contributed by atoms with van der Waals surface area (Å²) in [5, 5.41) is 9.30. The zero-order valence-corrected chi connectivity index (χ0v) is 19.1. The Balaban J connectivity index is 1.16. The quantitative estimate of drug-likeness (QED) is 0.563. The summed E-state index contributed by atoms with van der Waals surface area (Å²) in [7, 11) is 0. The van der Waals surface area contributed by atoms with Crippen molar-refractivity contribution >= 4 is 23.1 Å². The van der Waals surface area contributed by atoms with E-state index in [1.165, 1.54) is 92.4 Å². The maximum absolute atomic E-state index is 9.30. The van der Waals surface area contributed by atoms with Gasteiger partial charge < -0.3 is 14.7 Å². The molecule has 0 atom stereocenters. The molecule has 162 valence electrons. The maximum atomic E-state index is 9.30. The number of hydrogen-bond acceptors (Lipinski definition) is 5. The van der Waals surface area contributed by atoms with E-state index in [2.05, 4.69) is 51.1 Å². The molecule has 3 aliphatic heterocycles. The molecular formula is C26H32N4S. The second-order valence-corrected chi connectivity index (χ2v) is 10.1. The molecule has 4 nitrogen and oxygen atoms in total. The lowest BCUT2D eigenvalue weighted by atomic mass is 10.0. The third-order valence-electron chi connectivity index (χ3n) is 7.08. The summed E-state index contributed by atoms with van der Waals surface area (Å²) in [6.07, 6.45) is 7.94. The Kier molecular flexibility index (Phi) is 6.50. The van der Waals surface area contributed by atoms with Gasteiger partial charge in [0, 0.05) is 22.4 Å². The van der Waals surface area contributed by atoms with Crippen LogP contribution in [0.25, 0.3) is 0 Å². The molecule has 3 heterocycles. The van der Waals surface area contributed by atoms with Gasteiger partial charge in [-0.05, 0) is 102 Å². The second-order valence-electron chi connectivity index (χ2n) is 9.04. The number of benzene rings is 2. The van der Waals surface area contributed by atoms with Crippen LogP contribution in [-0.2, 0) is 0 Å². The summed E-state index contributed by atoms with van der Waals surface area (Å²) >= 11 is 1.78. The van der Waals surface area contributed by atoms with Crippen molar-refractivity contribution in [1.82, 2.24) is 9.80 Å². The fourth-order valence-corrected chi connectivity index (χ4v) is 6.50. The first kappa shape index (κ1) is 20.9. The molecule has 0 aromatic heterocycles. The summed E-state index contributed by atoms with van der Waals surface area (Å²) in [5.74, 6) is 0. The van der Waals surface area contributed by atoms with Crippen molar-refractivity contribution in [1.29, 1.82) is 5.26 Å². The number of fused-ring (bicyclic) bond motifs is 2. The van der Waals surface area contributed by atoms with Gasteiger partial charge in [0.25, 0.3) is 0 Å². The van der Waals surface area contributed by atoms with Crippen LogP contribution in [0.1, 0.15) is 44.1 Å². The predicted octanol–water partition coefficient (Wildman–Crippen LogP) is 5.50. The van der Waals surface area contributed by atoms with E-state index in [4.69, 9.17) is 0 Å². The van der Waals surface area contributed by atoms with Gasteiger partial charge in [-0.1, -0.05) is 23.9 Å². The van der Waals surface area contributed by atoms with Crippen LogP contribution in [0.15, 0.2) is 52.3 Å². The first-order chi connectivity index (χ1) is 15.3. The Morgan fingerprint density at radius 1 is 0.871 bits per heavy atom. The van der Waals surface area contributed by atoms with Crippen molar-refractivity contribution in [3.63, 3.8) is 0 Å². The normalized spacial score (nSPS) is 19.8. The molecule has 5 heteroatoms. The van der Waals surface area contributed by atoms with Gasteiger partial charge in [-0.2, -0.15) is 5.26 Å². The van der Waals surface area contributed by atoms with Crippen LogP contribution in [0.4, 0.5) is 11.4 Å². The zero-order chi connectivity index (χ0) is 21.0. The summed E-state index contributed by atoms with van der Waals surface area (Å²) in [6, 6.07) is 17.9. The van der Waals surface area contributed by atoms with E-state index < -0.39 is 0 Å². The van der Waals surface area contributed by atoms with Crippen LogP contribution in [0, 0.1) is 11.3 Å². The van der Waals surface area contributed by atoms with Gasteiger partial charge in [-0.25, -0.2) is 0 Å². The van der Waals surface area contributed by atoms with Gasteiger partial charge in [0.05, 0.1) is 23.0 Å². The molecule has 0 amide bonds. The van der Waals surface area contributed by atoms with E-state index in [1.807, 2.05) is 12.1 Å². The van der Waals surface area contributed by atoms with Crippen molar-refractivity contribution in [3.8, 4) is 6.07 Å². The minimum atomic E-state index is 0.739. The predicted molar refractivity (Wildman–Crippen MR) is 128 cm³/mol. The molecule has 3 aliphatic rings. The number of anilines is 2. The number of likely N-dealkylation sites (tertiary alicyclic amines) is 2. The molecule has 0 bridgehead atoms. The Hall–Kier alpha value is -2.00. The van der Waals surface area contributed by atoms with E-state index in [9.17, 15) is 5.26 Å². The Bertz CT molecular complexity index is 939. The molecule has 0 aliphatic carbocycles. The van der Waals surface area contributed by atoms with E-state index in [0.717, 1.165) is 18.2 Å². The second kappa shape index (κ2) is 9.65. The smallest absolute Gasteiger partial charge is 0.0992 e. The molecule has 0 saturated carbocycles. The minimum absolute atomic E-state index is 0.739. The molecule has 0 N–H and O–H groups in total. The lowest BCUT2D eigenvalue weighted by Crippen LogP contribution is -2.44. The fourth-order valence-electron chi connectivity index (χ4n) is 5.36. The highest BCUT2D eigenvalue weighted by molar-refractivity contribution is 7.99. The molecule has 0 spiro atoms. The van der Waals surface area contributed by atoms with Crippen molar-refractivity contribution < 1.29 is 0 Å². The minimum Gasteiger partial charge on any atom is -0.340 e. The van der Waals surface area contributed by atoms with Gasteiger partial charge in [0.15, 0.2) is 0 Å². The number of piperidine rings is 1. The number of para-hydroxylation sites is 1. The Labute approximate surface area is 190 Å². The summed E-state index contributed by atoms with van der Waals surface area (Å²) in [5.41, 5.74) is 3.29. The van der Waals surface area contributed by atoms with Gasteiger partial charge in [0.1, 0.15) is 0 Å². The molecule has 2 saturated heterocycles. The van der Waals surface area contributed by atoms with Crippen molar-refractivity contribution in [2.45, 2.75) is 54.4 Å². The van der Waals surface area contributed by atoms with Gasteiger partial charge in [-0.3, -0.25) is 0 Å². The average molecular weight is 433 g/mol. The molecular weight excluding hydrogens is 400 g/mol. The monoisotopic (exact) mass is 432 g/mol. The molecule has 2 aromatic carbocycles. The van der Waals surface area contributed by atoms with Crippen LogP contribution in [-0.4, -0.2) is 55.1 Å². The third kappa shape index (κ3) is 4.62. The Morgan fingerprint density at radius 2 is 1.61 bits per heavy atom. The average Bonchev–Trinajstić information content (AvgIpc) is 3.36. The van der Waals surface area contributed by atoms with Crippen LogP contribution >= 0.6 is 11.8 Å². The standard InChI is InChI=1S/C26H32N4S/c27-20-21-9-10-24-26(19-21)31-25-8-2-1-7-23(25)30(24)16-6-3-13-28-17-11-22(12-18-28)29-14-4-5-15-29/h1-2,7-10,19,22H,3-6,11-18H2. The molecule has 0 radical (unpaired) electrons. The lowest BCUT2D eigenvalue weighted by molar-refractivity contribution is 0.126. The highest BCUT2D eigenvalue weighted by atomic mass is 32.2. The van der Waals surface area contributed by atoms with Crippen molar-refractivity contribution in [2.24, 2.45) is 0 Å². The van der Waals surface area contributed by atoms with E-state index >= 15 is 0 Å². The van der Waals surface area contributed by atoms with Gasteiger partial charge in [0.2, 0.25) is 0 Å². The summed E-state index contributed by atoms with van der Waals surface area (Å²) in [4.78, 5) is 10.4. The van der Waals surface area contributed by atoms with Gasteiger partial charge >= 0.3 is 0 Å². The van der Waals surface area contributed by atoms with Crippen LogP contribution in [0.5, 0.6) is 0 Å². The summed E-state index contributed by atoms with van der Waals surface area (Å²) in [6.45, 7) is 7.45. The Morgan fingerprint density at radius 3 is 2.42 bits per heavy atom. The van der Waals surface area contributed by atoms with Crippen molar-refractivity contribution in [2.75, 3.05) is 44.2 Å². The topological polar surface area (TPSA) is 33.5 Å². The maximum Gasteiger partial charge on any atom is 0.0992 e. The number of rotatable bonds is 6. The summed E-state index contributed by atoms with van der Waals surface area (Å²) < 4.78 is 0. The first-order valence-corrected chi connectivity index (χ1v) is 12.7.